The molecule has 4 heteroatoms. The third-order valence-electron chi connectivity index (χ3n) is 4.25. The third-order valence-corrected chi connectivity index (χ3v) is 4.25. The molecule has 1 saturated heterocycles. The molecule has 122 valence electrons. The molecule has 1 fully saturated rings. The highest BCUT2D eigenvalue weighted by molar-refractivity contribution is 5.42. The summed E-state index contributed by atoms with van der Waals surface area (Å²) in [4.78, 5) is 2.51. The van der Waals surface area contributed by atoms with Crippen LogP contribution in [0.2, 0.25) is 0 Å². The van der Waals surface area contributed by atoms with Gasteiger partial charge in [-0.3, -0.25) is 4.90 Å². The van der Waals surface area contributed by atoms with Gasteiger partial charge in [0, 0.05) is 44.5 Å². The number of hydrogen-bond donors (Lipinski definition) is 2. The summed E-state index contributed by atoms with van der Waals surface area (Å²) in [7, 11) is 0. The van der Waals surface area contributed by atoms with Crippen LogP contribution in [0.4, 0.5) is 10.1 Å². The van der Waals surface area contributed by atoms with Crippen molar-refractivity contribution in [2.24, 2.45) is 0 Å². The predicted octanol–water partition coefficient (Wildman–Crippen LogP) is 3.10. The van der Waals surface area contributed by atoms with E-state index in [0.717, 1.165) is 44.8 Å². The van der Waals surface area contributed by atoms with E-state index >= 15 is 0 Å². The van der Waals surface area contributed by atoms with Crippen molar-refractivity contribution < 1.29 is 4.39 Å². The van der Waals surface area contributed by atoms with Gasteiger partial charge < -0.3 is 10.6 Å². The maximum Gasteiger partial charge on any atom is 0.123 e. The number of hydrogen-bond acceptors (Lipinski definition) is 3. The molecule has 0 amide bonds. The van der Waals surface area contributed by atoms with E-state index < -0.39 is 0 Å². The minimum absolute atomic E-state index is 0.193. The zero-order valence-corrected chi connectivity index (χ0v) is 13.3. The van der Waals surface area contributed by atoms with Gasteiger partial charge in [0.1, 0.15) is 5.82 Å². The van der Waals surface area contributed by atoms with E-state index in [-0.39, 0.29) is 5.82 Å². The Hall–Kier alpha value is -1.91. The molecule has 0 radical (unpaired) electrons. The minimum Gasteiger partial charge on any atom is -0.385 e. The lowest BCUT2D eigenvalue weighted by atomic mass is 10.1. The molecule has 0 spiro atoms. The molecule has 3 nitrogen and oxygen atoms in total. The van der Waals surface area contributed by atoms with Gasteiger partial charge in [-0.15, -0.1) is 0 Å². The van der Waals surface area contributed by atoms with Gasteiger partial charge >= 0.3 is 0 Å². The second-order valence-corrected chi connectivity index (χ2v) is 6.09. The second kappa shape index (κ2) is 8.09. The SMILES string of the molecule is Fc1ccc(NCC[C@@H]2CN(Cc3ccccc3)CCN2)cc1. The molecule has 1 aliphatic heterocycles. The number of nitrogens with one attached hydrogen (secondary N) is 2. The molecule has 1 heterocycles. The predicted molar refractivity (Wildman–Crippen MR) is 93.0 cm³/mol. The van der Waals surface area contributed by atoms with E-state index in [1.165, 1.54) is 17.7 Å². The highest BCUT2D eigenvalue weighted by atomic mass is 19.1. The zero-order chi connectivity index (χ0) is 15.9. The number of halogens is 1. The Morgan fingerprint density at radius 2 is 1.87 bits per heavy atom. The highest BCUT2D eigenvalue weighted by Gasteiger charge is 2.18. The van der Waals surface area contributed by atoms with Crippen molar-refractivity contribution in [2.75, 3.05) is 31.5 Å². The first-order valence-electron chi connectivity index (χ1n) is 8.29. The number of nitrogens with zero attached hydrogens (tertiary/aromatic N) is 1. The fraction of sp³-hybridized carbons (Fsp3) is 0.368. The van der Waals surface area contributed by atoms with Crippen molar-refractivity contribution in [3.63, 3.8) is 0 Å². The molecule has 23 heavy (non-hydrogen) atoms. The lowest BCUT2D eigenvalue weighted by Gasteiger charge is -2.34. The molecule has 2 aromatic carbocycles. The zero-order valence-electron chi connectivity index (χ0n) is 13.3. The van der Waals surface area contributed by atoms with Gasteiger partial charge in [-0.2, -0.15) is 0 Å². The molecule has 2 N–H and O–H groups in total. The van der Waals surface area contributed by atoms with E-state index in [9.17, 15) is 4.39 Å². The van der Waals surface area contributed by atoms with Crippen LogP contribution in [0.1, 0.15) is 12.0 Å². The van der Waals surface area contributed by atoms with Gasteiger partial charge in [-0.1, -0.05) is 30.3 Å². The summed E-state index contributed by atoms with van der Waals surface area (Å²) >= 11 is 0. The van der Waals surface area contributed by atoms with Gasteiger partial charge in [-0.25, -0.2) is 4.39 Å². The van der Waals surface area contributed by atoms with Gasteiger partial charge in [-0.05, 0) is 36.2 Å². The molecule has 0 saturated carbocycles. The summed E-state index contributed by atoms with van der Waals surface area (Å²) in [5, 5.41) is 6.95. The van der Waals surface area contributed by atoms with E-state index in [1.54, 1.807) is 12.1 Å². The number of piperazine rings is 1. The lowest BCUT2D eigenvalue weighted by molar-refractivity contribution is 0.189. The Labute approximate surface area is 137 Å². The topological polar surface area (TPSA) is 27.3 Å². The average Bonchev–Trinajstić information content (AvgIpc) is 2.58. The fourth-order valence-electron chi connectivity index (χ4n) is 3.03. The van der Waals surface area contributed by atoms with Crippen molar-refractivity contribution in [3.8, 4) is 0 Å². The van der Waals surface area contributed by atoms with Crippen LogP contribution in [0.3, 0.4) is 0 Å². The Bertz CT molecular complexity index is 585. The van der Waals surface area contributed by atoms with Crippen molar-refractivity contribution in [1.82, 2.24) is 10.2 Å². The molecule has 1 aliphatic rings. The largest absolute Gasteiger partial charge is 0.385 e. The van der Waals surface area contributed by atoms with Gasteiger partial charge in [0.25, 0.3) is 0 Å². The van der Waals surface area contributed by atoms with Crippen LogP contribution in [0.15, 0.2) is 54.6 Å². The second-order valence-electron chi connectivity index (χ2n) is 6.09. The number of rotatable bonds is 6. The monoisotopic (exact) mass is 313 g/mol. The van der Waals surface area contributed by atoms with E-state index in [1.807, 2.05) is 0 Å². The van der Waals surface area contributed by atoms with Crippen LogP contribution in [0, 0.1) is 5.82 Å². The molecule has 0 bridgehead atoms. The average molecular weight is 313 g/mol. The van der Waals surface area contributed by atoms with Crippen molar-refractivity contribution in [1.29, 1.82) is 0 Å². The summed E-state index contributed by atoms with van der Waals surface area (Å²) in [5.41, 5.74) is 2.35. The standard InChI is InChI=1S/C19H24FN3/c20-17-6-8-18(9-7-17)21-11-10-19-15-23(13-12-22-19)14-16-4-2-1-3-5-16/h1-9,19,21-22H,10-15H2/t19-/m1/s1. The van der Waals surface area contributed by atoms with E-state index in [0.29, 0.717) is 6.04 Å². The Morgan fingerprint density at radius 1 is 1.09 bits per heavy atom. The number of benzene rings is 2. The normalized spacial score (nSPS) is 18.7. The maximum atomic E-state index is 12.9. The molecule has 0 aliphatic carbocycles. The summed E-state index contributed by atoms with van der Waals surface area (Å²) < 4.78 is 12.9. The first kappa shape index (κ1) is 16.0. The fourth-order valence-corrected chi connectivity index (χ4v) is 3.03. The summed E-state index contributed by atoms with van der Waals surface area (Å²) in [5.74, 6) is -0.193. The van der Waals surface area contributed by atoms with Gasteiger partial charge in [0.05, 0.1) is 0 Å². The number of anilines is 1. The minimum atomic E-state index is -0.193. The Morgan fingerprint density at radius 3 is 2.65 bits per heavy atom. The van der Waals surface area contributed by atoms with Crippen LogP contribution in [0.25, 0.3) is 0 Å². The van der Waals surface area contributed by atoms with Crippen molar-refractivity contribution in [3.05, 3.63) is 66.0 Å². The molecule has 3 rings (SSSR count). The lowest BCUT2D eigenvalue weighted by Crippen LogP contribution is -2.50. The van der Waals surface area contributed by atoms with Crippen molar-refractivity contribution in [2.45, 2.75) is 19.0 Å². The molecule has 0 aromatic heterocycles. The van der Waals surface area contributed by atoms with Crippen LogP contribution >= 0.6 is 0 Å². The van der Waals surface area contributed by atoms with E-state index in [4.69, 9.17) is 0 Å². The summed E-state index contributed by atoms with van der Waals surface area (Å²) in [6.07, 6.45) is 1.06. The molecule has 0 unspecified atom stereocenters. The Balaban J connectivity index is 1.42. The highest BCUT2D eigenvalue weighted by Crippen LogP contribution is 2.11. The van der Waals surface area contributed by atoms with Crippen LogP contribution in [-0.4, -0.2) is 37.1 Å². The maximum absolute atomic E-state index is 12.9. The van der Waals surface area contributed by atoms with E-state index in [2.05, 4.69) is 45.9 Å². The van der Waals surface area contributed by atoms with Crippen molar-refractivity contribution >= 4 is 5.69 Å². The van der Waals surface area contributed by atoms with Crippen LogP contribution in [-0.2, 0) is 6.54 Å². The first-order valence-corrected chi connectivity index (χ1v) is 8.29. The summed E-state index contributed by atoms with van der Waals surface area (Å²) in [6, 6.07) is 17.7. The van der Waals surface area contributed by atoms with Gasteiger partial charge in [0.2, 0.25) is 0 Å². The quantitative estimate of drug-likeness (QED) is 0.858. The smallest absolute Gasteiger partial charge is 0.123 e. The molecular weight excluding hydrogens is 289 g/mol. The van der Waals surface area contributed by atoms with Gasteiger partial charge in [0.15, 0.2) is 0 Å². The first-order chi connectivity index (χ1) is 11.3. The summed E-state index contributed by atoms with van der Waals surface area (Å²) in [6.45, 7) is 5.11. The Kier molecular flexibility index (Phi) is 5.61. The molecule has 2 aromatic rings. The van der Waals surface area contributed by atoms with Crippen LogP contribution < -0.4 is 10.6 Å². The molecular formula is C19H24FN3. The molecule has 1 atom stereocenters. The third kappa shape index (κ3) is 5.05. The van der Waals surface area contributed by atoms with Crippen LogP contribution in [0.5, 0.6) is 0 Å².